The molecule has 6 heteroatoms. The SMILES string of the molecule is CCCc1cc(C(=O)NCCc2nccs2)cc(NC)n1. The average molecular weight is 304 g/mol. The second-order valence-corrected chi connectivity index (χ2v) is 5.64. The molecular weight excluding hydrogens is 284 g/mol. The van der Waals surface area contributed by atoms with E-state index < -0.39 is 0 Å². The molecule has 0 saturated heterocycles. The normalized spacial score (nSPS) is 10.4. The van der Waals surface area contributed by atoms with Crippen molar-refractivity contribution in [2.75, 3.05) is 18.9 Å². The largest absolute Gasteiger partial charge is 0.373 e. The van der Waals surface area contributed by atoms with Gasteiger partial charge in [-0.2, -0.15) is 0 Å². The van der Waals surface area contributed by atoms with Crippen LogP contribution < -0.4 is 10.6 Å². The molecule has 0 aliphatic carbocycles. The first-order valence-corrected chi connectivity index (χ1v) is 7.96. The number of hydrogen-bond acceptors (Lipinski definition) is 5. The zero-order chi connectivity index (χ0) is 15.1. The van der Waals surface area contributed by atoms with Crippen molar-refractivity contribution in [2.45, 2.75) is 26.2 Å². The molecule has 0 saturated carbocycles. The van der Waals surface area contributed by atoms with E-state index in [0.717, 1.165) is 35.8 Å². The van der Waals surface area contributed by atoms with Gasteiger partial charge in [0.25, 0.3) is 5.91 Å². The van der Waals surface area contributed by atoms with Gasteiger partial charge in [-0.3, -0.25) is 4.79 Å². The molecule has 2 aromatic heterocycles. The van der Waals surface area contributed by atoms with Gasteiger partial charge in [-0.25, -0.2) is 9.97 Å². The lowest BCUT2D eigenvalue weighted by Crippen LogP contribution is -2.26. The second kappa shape index (κ2) is 7.73. The first-order chi connectivity index (χ1) is 10.2. The summed E-state index contributed by atoms with van der Waals surface area (Å²) in [5.74, 6) is 0.661. The average Bonchev–Trinajstić information content (AvgIpc) is 3.00. The molecule has 2 heterocycles. The predicted molar refractivity (Wildman–Crippen MR) is 85.9 cm³/mol. The van der Waals surface area contributed by atoms with Crippen LogP contribution in [0.3, 0.4) is 0 Å². The highest BCUT2D eigenvalue weighted by molar-refractivity contribution is 7.09. The number of thiazole rings is 1. The van der Waals surface area contributed by atoms with Crippen LogP contribution in [0, 0.1) is 0 Å². The highest BCUT2D eigenvalue weighted by Crippen LogP contribution is 2.12. The maximum Gasteiger partial charge on any atom is 0.251 e. The molecule has 21 heavy (non-hydrogen) atoms. The lowest BCUT2D eigenvalue weighted by Gasteiger charge is -2.09. The van der Waals surface area contributed by atoms with Crippen molar-refractivity contribution in [3.05, 3.63) is 40.0 Å². The van der Waals surface area contributed by atoms with Crippen LogP contribution in [-0.4, -0.2) is 29.5 Å². The van der Waals surface area contributed by atoms with Gasteiger partial charge >= 0.3 is 0 Å². The molecule has 0 fully saturated rings. The maximum atomic E-state index is 12.2. The Balaban J connectivity index is 1.98. The molecule has 2 aromatic rings. The van der Waals surface area contributed by atoms with E-state index in [1.54, 1.807) is 23.6 Å². The summed E-state index contributed by atoms with van der Waals surface area (Å²) >= 11 is 1.60. The summed E-state index contributed by atoms with van der Waals surface area (Å²) in [5.41, 5.74) is 1.59. The standard InChI is InChI=1S/C15H20N4OS/c1-3-4-12-9-11(10-13(16-2)19-12)15(20)18-6-5-14-17-7-8-21-14/h7-10H,3-6H2,1-2H3,(H,16,19)(H,18,20). The molecule has 0 bridgehead atoms. The Kier molecular flexibility index (Phi) is 5.68. The topological polar surface area (TPSA) is 66.9 Å². The number of rotatable bonds is 7. The first kappa shape index (κ1) is 15.4. The van der Waals surface area contributed by atoms with E-state index in [1.165, 1.54) is 0 Å². The Morgan fingerprint density at radius 3 is 2.86 bits per heavy atom. The van der Waals surface area contributed by atoms with Crippen LogP contribution in [0.25, 0.3) is 0 Å². The van der Waals surface area contributed by atoms with E-state index in [0.29, 0.717) is 12.1 Å². The summed E-state index contributed by atoms with van der Waals surface area (Å²) in [5, 5.41) is 8.91. The van der Waals surface area contributed by atoms with Crippen molar-refractivity contribution in [3.63, 3.8) is 0 Å². The second-order valence-electron chi connectivity index (χ2n) is 4.66. The number of carbonyl (C=O) groups excluding carboxylic acids is 1. The van der Waals surface area contributed by atoms with Crippen LogP contribution >= 0.6 is 11.3 Å². The molecule has 0 atom stereocenters. The Hall–Kier alpha value is -1.95. The van der Waals surface area contributed by atoms with Crippen LogP contribution in [0.1, 0.15) is 34.4 Å². The van der Waals surface area contributed by atoms with Gasteiger partial charge in [0, 0.05) is 42.8 Å². The van der Waals surface area contributed by atoms with Crippen molar-refractivity contribution in [1.29, 1.82) is 0 Å². The molecule has 0 aromatic carbocycles. The quantitative estimate of drug-likeness (QED) is 0.825. The number of aryl methyl sites for hydroxylation is 1. The molecular formula is C15H20N4OS. The van der Waals surface area contributed by atoms with Gasteiger partial charge in [-0.1, -0.05) is 13.3 Å². The fourth-order valence-electron chi connectivity index (χ4n) is 1.99. The van der Waals surface area contributed by atoms with Crippen molar-refractivity contribution in [1.82, 2.24) is 15.3 Å². The highest BCUT2D eigenvalue weighted by Gasteiger charge is 2.09. The van der Waals surface area contributed by atoms with E-state index in [-0.39, 0.29) is 5.91 Å². The van der Waals surface area contributed by atoms with Crippen molar-refractivity contribution >= 4 is 23.1 Å². The lowest BCUT2D eigenvalue weighted by molar-refractivity contribution is 0.0954. The number of carbonyl (C=O) groups is 1. The molecule has 2 rings (SSSR count). The molecule has 5 nitrogen and oxygen atoms in total. The molecule has 0 unspecified atom stereocenters. The van der Waals surface area contributed by atoms with Crippen molar-refractivity contribution < 1.29 is 4.79 Å². The summed E-state index contributed by atoms with van der Waals surface area (Å²) < 4.78 is 0. The Bertz CT molecular complexity index is 583. The molecule has 1 amide bonds. The van der Waals surface area contributed by atoms with Crippen LogP contribution in [-0.2, 0) is 12.8 Å². The monoisotopic (exact) mass is 304 g/mol. The van der Waals surface area contributed by atoms with Gasteiger partial charge in [0.2, 0.25) is 0 Å². The van der Waals surface area contributed by atoms with Gasteiger partial charge in [-0.15, -0.1) is 11.3 Å². The third kappa shape index (κ3) is 4.53. The Morgan fingerprint density at radius 1 is 1.33 bits per heavy atom. The number of anilines is 1. The number of hydrogen-bond donors (Lipinski definition) is 2. The summed E-state index contributed by atoms with van der Waals surface area (Å²) in [7, 11) is 1.81. The van der Waals surface area contributed by atoms with Gasteiger partial charge in [-0.05, 0) is 18.6 Å². The molecule has 112 valence electrons. The third-order valence-electron chi connectivity index (χ3n) is 3.01. The summed E-state index contributed by atoms with van der Waals surface area (Å²) in [6, 6.07) is 3.64. The van der Waals surface area contributed by atoms with Crippen molar-refractivity contribution in [2.24, 2.45) is 0 Å². The lowest BCUT2D eigenvalue weighted by atomic mass is 10.1. The Labute approximate surface area is 128 Å². The summed E-state index contributed by atoms with van der Waals surface area (Å²) in [4.78, 5) is 20.9. The Morgan fingerprint density at radius 2 is 2.19 bits per heavy atom. The number of nitrogens with one attached hydrogen (secondary N) is 2. The first-order valence-electron chi connectivity index (χ1n) is 7.08. The highest BCUT2D eigenvalue weighted by atomic mass is 32.1. The van der Waals surface area contributed by atoms with E-state index >= 15 is 0 Å². The molecule has 0 spiro atoms. The number of amides is 1. The molecule has 0 aliphatic rings. The third-order valence-corrected chi connectivity index (χ3v) is 3.85. The zero-order valence-electron chi connectivity index (χ0n) is 12.3. The fourth-order valence-corrected chi connectivity index (χ4v) is 2.61. The fraction of sp³-hybridized carbons (Fsp3) is 0.400. The van der Waals surface area contributed by atoms with Crippen LogP contribution in [0.4, 0.5) is 5.82 Å². The predicted octanol–water partition coefficient (Wildman–Crippen LogP) is 2.50. The van der Waals surface area contributed by atoms with Crippen LogP contribution in [0.2, 0.25) is 0 Å². The molecule has 2 N–H and O–H groups in total. The number of aromatic nitrogens is 2. The van der Waals surface area contributed by atoms with E-state index in [4.69, 9.17) is 0 Å². The van der Waals surface area contributed by atoms with Gasteiger partial charge < -0.3 is 10.6 Å². The molecule has 0 radical (unpaired) electrons. The van der Waals surface area contributed by atoms with Crippen LogP contribution in [0.15, 0.2) is 23.7 Å². The van der Waals surface area contributed by atoms with Crippen LogP contribution in [0.5, 0.6) is 0 Å². The maximum absolute atomic E-state index is 12.2. The molecule has 0 aliphatic heterocycles. The number of nitrogens with zero attached hydrogens (tertiary/aromatic N) is 2. The van der Waals surface area contributed by atoms with E-state index in [9.17, 15) is 4.79 Å². The summed E-state index contributed by atoms with van der Waals surface area (Å²) in [6.07, 6.45) is 4.41. The van der Waals surface area contributed by atoms with Gasteiger partial charge in [0.05, 0.1) is 5.01 Å². The number of pyridine rings is 1. The minimum absolute atomic E-state index is 0.0668. The van der Waals surface area contributed by atoms with Gasteiger partial charge in [0.15, 0.2) is 0 Å². The summed E-state index contributed by atoms with van der Waals surface area (Å²) in [6.45, 7) is 2.69. The minimum Gasteiger partial charge on any atom is -0.373 e. The van der Waals surface area contributed by atoms with Gasteiger partial charge in [0.1, 0.15) is 5.82 Å². The zero-order valence-corrected chi connectivity index (χ0v) is 13.2. The van der Waals surface area contributed by atoms with E-state index in [1.807, 2.05) is 18.5 Å². The van der Waals surface area contributed by atoms with E-state index in [2.05, 4.69) is 27.5 Å². The smallest absolute Gasteiger partial charge is 0.251 e. The van der Waals surface area contributed by atoms with Crippen molar-refractivity contribution in [3.8, 4) is 0 Å². The minimum atomic E-state index is -0.0668.